The van der Waals surface area contributed by atoms with Crippen LogP contribution in [0.5, 0.6) is 5.75 Å². The van der Waals surface area contributed by atoms with Crippen LogP contribution < -0.4 is 4.74 Å². The summed E-state index contributed by atoms with van der Waals surface area (Å²) in [6.45, 7) is 2.40. The molecule has 21 heavy (non-hydrogen) atoms. The van der Waals surface area contributed by atoms with Crippen LogP contribution >= 0.6 is 0 Å². The molecule has 0 aliphatic carbocycles. The quantitative estimate of drug-likeness (QED) is 0.486. The summed E-state index contributed by atoms with van der Waals surface area (Å²) in [4.78, 5) is 0. The Bertz CT molecular complexity index is 426. The van der Waals surface area contributed by atoms with Crippen LogP contribution in [0.15, 0.2) is 12.1 Å². The number of hydrogen-bond donors (Lipinski definition) is 0. The Morgan fingerprint density at radius 1 is 1.10 bits per heavy atom. The molecular formula is C15H20F4O2. The van der Waals surface area contributed by atoms with Gasteiger partial charge in [0.25, 0.3) is 0 Å². The zero-order valence-electron chi connectivity index (χ0n) is 12.2. The van der Waals surface area contributed by atoms with Crippen molar-refractivity contribution in [1.29, 1.82) is 0 Å². The molecule has 120 valence electrons. The zero-order valence-corrected chi connectivity index (χ0v) is 12.2. The first-order chi connectivity index (χ1) is 9.89. The van der Waals surface area contributed by atoms with Crippen molar-refractivity contribution < 1.29 is 27.0 Å². The van der Waals surface area contributed by atoms with Gasteiger partial charge in [0.15, 0.2) is 0 Å². The molecule has 0 bridgehead atoms. The summed E-state index contributed by atoms with van der Waals surface area (Å²) in [6, 6.07) is 2.05. The van der Waals surface area contributed by atoms with Crippen molar-refractivity contribution in [1.82, 2.24) is 0 Å². The van der Waals surface area contributed by atoms with Crippen molar-refractivity contribution in [3.8, 4) is 5.75 Å². The molecule has 0 saturated heterocycles. The summed E-state index contributed by atoms with van der Waals surface area (Å²) < 4.78 is 62.6. The fraction of sp³-hybridized carbons (Fsp3) is 0.600. The van der Waals surface area contributed by atoms with Crippen molar-refractivity contribution in [2.24, 2.45) is 0 Å². The Balaban J connectivity index is 2.67. The number of alkyl halides is 2. The summed E-state index contributed by atoms with van der Waals surface area (Å²) in [6.07, 6.45) is -1.85. The Hall–Kier alpha value is -1.30. The molecule has 0 atom stereocenters. The van der Waals surface area contributed by atoms with E-state index in [1.165, 1.54) is 0 Å². The maximum atomic E-state index is 13.8. The molecule has 0 radical (unpaired) electrons. The lowest BCUT2D eigenvalue weighted by Gasteiger charge is -2.14. The standard InChI is InChI=1S/C15H20F4O2/c1-3-4-5-8-21-11-9-13(16)12(14(17)10-11)6-7-15(18,19)20-2/h9-10H,3-8H2,1-2H3. The summed E-state index contributed by atoms with van der Waals surface area (Å²) in [7, 11) is 0.847. The SMILES string of the molecule is CCCCCOc1cc(F)c(CCC(F)(F)OC)c(F)c1. The fourth-order valence-electron chi connectivity index (χ4n) is 1.82. The van der Waals surface area contributed by atoms with E-state index >= 15 is 0 Å². The minimum absolute atomic E-state index is 0.0726. The van der Waals surface area contributed by atoms with Gasteiger partial charge in [0.2, 0.25) is 0 Å². The number of hydrogen-bond acceptors (Lipinski definition) is 2. The summed E-state index contributed by atoms with van der Waals surface area (Å²) >= 11 is 0. The molecule has 6 heteroatoms. The number of halogens is 4. The van der Waals surface area contributed by atoms with E-state index in [2.05, 4.69) is 4.74 Å². The molecule has 0 aliphatic rings. The van der Waals surface area contributed by atoms with E-state index < -0.39 is 30.6 Å². The van der Waals surface area contributed by atoms with E-state index in [0.717, 1.165) is 38.5 Å². The van der Waals surface area contributed by atoms with E-state index in [4.69, 9.17) is 4.74 Å². The van der Waals surface area contributed by atoms with Crippen LogP contribution in [-0.2, 0) is 11.2 Å². The second-order valence-corrected chi connectivity index (χ2v) is 4.76. The van der Waals surface area contributed by atoms with Crippen molar-refractivity contribution in [2.45, 2.75) is 45.1 Å². The third-order valence-corrected chi connectivity index (χ3v) is 3.10. The highest BCUT2D eigenvalue weighted by molar-refractivity contribution is 5.30. The average molecular weight is 308 g/mol. The highest BCUT2D eigenvalue weighted by Crippen LogP contribution is 2.26. The Morgan fingerprint density at radius 3 is 2.24 bits per heavy atom. The molecule has 0 fully saturated rings. The van der Waals surface area contributed by atoms with Gasteiger partial charge in [-0.25, -0.2) is 8.78 Å². The Morgan fingerprint density at radius 2 is 1.71 bits per heavy atom. The van der Waals surface area contributed by atoms with Gasteiger partial charge < -0.3 is 9.47 Å². The highest BCUT2D eigenvalue weighted by atomic mass is 19.3. The zero-order chi connectivity index (χ0) is 15.9. The van der Waals surface area contributed by atoms with Gasteiger partial charge in [-0.2, -0.15) is 8.78 Å². The van der Waals surface area contributed by atoms with Gasteiger partial charge in [-0.05, 0) is 12.8 Å². The third-order valence-electron chi connectivity index (χ3n) is 3.10. The largest absolute Gasteiger partial charge is 0.493 e. The summed E-state index contributed by atoms with van der Waals surface area (Å²) in [5.41, 5.74) is -0.382. The molecule has 0 saturated carbocycles. The summed E-state index contributed by atoms with van der Waals surface area (Å²) in [5, 5.41) is 0. The molecule has 0 aliphatic heterocycles. The van der Waals surface area contributed by atoms with Crippen molar-refractivity contribution in [3.63, 3.8) is 0 Å². The maximum Gasteiger partial charge on any atom is 0.355 e. The molecule has 1 rings (SSSR count). The predicted molar refractivity (Wildman–Crippen MR) is 71.7 cm³/mol. The molecular weight excluding hydrogens is 288 g/mol. The predicted octanol–water partition coefficient (Wildman–Crippen LogP) is 4.71. The van der Waals surface area contributed by atoms with E-state index in [1.807, 2.05) is 6.92 Å². The molecule has 2 nitrogen and oxygen atoms in total. The van der Waals surface area contributed by atoms with Gasteiger partial charge in [-0.1, -0.05) is 19.8 Å². The van der Waals surface area contributed by atoms with E-state index in [0.29, 0.717) is 6.61 Å². The Kier molecular flexibility index (Phi) is 6.95. The first-order valence-corrected chi connectivity index (χ1v) is 6.93. The van der Waals surface area contributed by atoms with Crippen LogP contribution in [0.2, 0.25) is 0 Å². The van der Waals surface area contributed by atoms with Gasteiger partial charge in [0.1, 0.15) is 17.4 Å². The molecule has 0 N–H and O–H groups in total. The molecule has 0 unspecified atom stereocenters. The minimum atomic E-state index is -3.39. The number of rotatable bonds is 9. The molecule has 0 spiro atoms. The molecule has 1 aromatic carbocycles. The van der Waals surface area contributed by atoms with Crippen LogP contribution in [0.4, 0.5) is 17.6 Å². The number of ether oxygens (including phenoxy) is 2. The van der Waals surface area contributed by atoms with Gasteiger partial charge in [0.05, 0.1) is 6.61 Å². The molecule has 0 heterocycles. The third kappa shape index (κ3) is 5.91. The van der Waals surface area contributed by atoms with Crippen LogP contribution in [0.25, 0.3) is 0 Å². The maximum absolute atomic E-state index is 13.8. The molecule has 1 aromatic rings. The Labute approximate surface area is 122 Å². The van der Waals surface area contributed by atoms with E-state index in [-0.39, 0.29) is 11.3 Å². The lowest BCUT2D eigenvalue weighted by Crippen LogP contribution is -2.19. The second-order valence-electron chi connectivity index (χ2n) is 4.76. The number of benzene rings is 1. The normalized spacial score (nSPS) is 11.7. The lowest BCUT2D eigenvalue weighted by molar-refractivity contribution is -0.224. The van der Waals surface area contributed by atoms with Crippen LogP contribution in [0.1, 0.15) is 38.2 Å². The fourth-order valence-corrected chi connectivity index (χ4v) is 1.82. The smallest absolute Gasteiger partial charge is 0.355 e. The van der Waals surface area contributed by atoms with Crippen LogP contribution in [0.3, 0.4) is 0 Å². The second kappa shape index (κ2) is 8.22. The van der Waals surface area contributed by atoms with Crippen molar-refractivity contribution in [2.75, 3.05) is 13.7 Å². The first-order valence-electron chi connectivity index (χ1n) is 6.93. The minimum Gasteiger partial charge on any atom is -0.493 e. The number of unbranched alkanes of at least 4 members (excludes halogenated alkanes) is 2. The first kappa shape index (κ1) is 17.8. The van der Waals surface area contributed by atoms with Crippen molar-refractivity contribution in [3.05, 3.63) is 29.3 Å². The topological polar surface area (TPSA) is 18.5 Å². The van der Waals surface area contributed by atoms with Gasteiger partial charge in [0, 0.05) is 31.2 Å². The average Bonchev–Trinajstić information content (AvgIpc) is 2.42. The van der Waals surface area contributed by atoms with Gasteiger partial charge in [-0.3, -0.25) is 0 Å². The van der Waals surface area contributed by atoms with Gasteiger partial charge in [-0.15, -0.1) is 0 Å². The highest BCUT2D eigenvalue weighted by Gasteiger charge is 2.29. The van der Waals surface area contributed by atoms with E-state index in [1.54, 1.807) is 0 Å². The molecule has 0 aromatic heterocycles. The molecule has 0 amide bonds. The summed E-state index contributed by atoms with van der Waals surface area (Å²) in [5.74, 6) is -1.69. The van der Waals surface area contributed by atoms with Crippen LogP contribution in [-0.4, -0.2) is 19.8 Å². The van der Waals surface area contributed by atoms with E-state index in [9.17, 15) is 17.6 Å². The van der Waals surface area contributed by atoms with Crippen LogP contribution in [0, 0.1) is 11.6 Å². The monoisotopic (exact) mass is 308 g/mol. The lowest BCUT2D eigenvalue weighted by atomic mass is 10.1. The number of methoxy groups -OCH3 is 1. The van der Waals surface area contributed by atoms with Crippen molar-refractivity contribution >= 4 is 0 Å². The van der Waals surface area contributed by atoms with Gasteiger partial charge >= 0.3 is 6.11 Å².